The highest BCUT2D eigenvalue weighted by Crippen LogP contribution is 2.23. The summed E-state index contributed by atoms with van der Waals surface area (Å²) in [4.78, 5) is 0. The average Bonchev–Trinajstić information content (AvgIpc) is 2.35. The second-order valence-electron chi connectivity index (χ2n) is 4.80. The van der Waals surface area contributed by atoms with Gasteiger partial charge in [-0.05, 0) is 55.5 Å². The first-order valence-corrected chi connectivity index (χ1v) is 6.99. The molecule has 0 amide bonds. The van der Waals surface area contributed by atoms with Gasteiger partial charge in [0.25, 0.3) is 0 Å². The maximum atomic E-state index is 5.80. The summed E-state index contributed by atoms with van der Waals surface area (Å²) in [7, 11) is 0. The molecule has 0 unspecified atom stereocenters. The fraction of sp³-hybridized carbons (Fsp3) is 0.625. The lowest BCUT2D eigenvalue weighted by Crippen LogP contribution is -2.02. The van der Waals surface area contributed by atoms with Gasteiger partial charge >= 0.3 is 0 Å². The molecule has 0 radical (unpaired) electrons. The molecule has 0 aromatic heterocycles. The molecule has 2 nitrogen and oxygen atoms in total. The summed E-state index contributed by atoms with van der Waals surface area (Å²) in [6.45, 7) is 10.9. The second-order valence-corrected chi connectivity index (χ2v) is 4.80. The summed E-state index contributed by atoms with van der Waals surface area (Å²) >= 11 is 0. The molecule has 18 heavy (non-hydrogen) atoms. The molecule has 0 atom stereocenters. The Bertz CT molecular complexity index is 323. The Morgan fingerprint density at radius 2 is 1.72 bits per heavy atom. The van der Waals surface area contributed by atoms with Crippen molar-refractivity contribution in [1.29, 1.82) is 0 Å². The van der Waals surface area contributed by atoms with Gasteiger partial charge in [-0.2, -0.15) is 0 Å². The minimum absolute atomic E-state index is 0.704. The monoisotopic (exact) mass is 250 g/mol. The first-order valence-electron chi connectivity index (χ1n) is 6.99. The Balaban J connectivity index is 2.64. The summed E-state index contributed by atoms with van der Waals surface area (Å²) in [6.07, 6.45) is 3.34. The summed E-state index contributed by atoms with van der Waals surface area (Å²) < 4.78 is 11.4. The first-order chi connectivity index (χ1) is 8.69. The van der Waals surface area contributed by atoms with Gasteiger partial charge in [0, 0.05) is 6.61 Å². The van der Waals surface area contributed by atoms with Crippen LogP contribution in [-0.2, 0) is 11.3 Å². The van der Waals surface area contributed by atoms with Crippen molar-refractivity contribution in [2.45, 2.75) is 53.6 Å². The molecule has 0 N–H and O–H groups in total. The van der Waals surface area contributed by atoms with E-state index in [0.29, 0.717) is 6.61 Å². The van der Waals surface area contributed by atoms with Crippen LogP contribution in [0.5, 0.6) is 5.75 Å². The molecule has 102 valence electrons. The van der Waals surface area contributed by atoms with E-state index >= 15 is 0 Å². The molecule has 0 aliphatic carbocycles. The van der Waals surface area contributed by atoms with Crippen molar-refractivity contribution >= 4 is 0 Å². The minimum atomic E-state index is 0.704. The Labute approximate surface area is 111 Å². The van der Waals surface area contributed by atoms with E-state index in [1.165, 1.54) is 23.1 Å². The molecule has 0 heterocycles. The number of hydrogen-bond acceptors (Lipinski definition) is 2. The van der Waals surface area contributed by atoms with Crippen LogP contribution in [0.2, 0.25) is 0 Å². The lowest BCUT2D eigenvalue weighted by Gasteiger charge is -2.13. The van der Waals surface area contributed by atoms with E-state index in [2.05, 4.69) is 39.8 Å². The topological polar surface area (TPSA) is 18.5 Å². The molecule has 1 aromatic rings. The van der Waals surface area contributed by atoms with Crippen LogP contribution >= 0.6 is 0 Å². The zero-order valence-corrected chi connectivity index (χ0v) is 12.2. The van der Waals surface area contributed by atoms with Crippen molar-refractivity contribution in [3.63, 3.8) is 0 Å². The molecule has 1 aromatic carbocycles. The fourth-order valence-electron chi connectivity index (χ4n) is 1.81. The minimum Gasteiger partial charge on any atom is -0.493 e. The smallest absolute Gasteiger partial charge is 0.122 e. The van der Waals surface area contributed by atoms with Gasteiger partial charge in [0.1, 0.15) is 5.75 Å². The number of ether oxygens (including phenoxy) is 2. The van der Waals surface area contributed by atoms with Crippen molar-refractivity contribution in [2.75, 3.05) is 13.2 Å². The van der Waals surface area contributed by atoms with Crippen LogP contribution in [-0.4, -0.2) is 13.2 Å². The van der Waals surface area contributed by atoms with Crippen LogP contribution in [0.3, 0.4) is 0 Å². The Morgan fingerprint density at radius 3 is 2.39 bits per heavy atom. The molecule has 0 bridgehead atoms. The van der Waals surface area contributed by atoms with E-state index in [1.54, 1.807) is 0 Å². The predicted octanol–water partition coefficient (Wildman–Crippen LogP) is 4.41. The van der Waals surface area contributed by atoms with Crippen LogP contribution in [0.15, 0.2) is 12.1 Å². The van der Waals surface area contributed by atoms with Gasteiger partial charge in [0.15, 0.2) is 0 Å². The first kappa shape index (κ1) is 15.0. The fourth-order valence-corrected chi connectivity index (χ4v) is 1.81. The Hall–Kier alpha value is -1.02. The highest BCUT2D eigenvalue weighted by molar-refractivity contribution is 5.41. The van der Waals surface area contributed by atoms with Crippen LogP contribution in [0.1, 0.15) is 49.8 Å². The molecular weight excluding hydrogens is 224 g/mol. The number of benzene rings is 1. The Kier molecular flexibility index (Phi) is 6.81. The molecule has 0 aliphatic rings. The second kappa shape index (κ2) is 8.15. The van der Waals surface area contributed by atoms with Gasteiger partial charge in [-0.3, -0.25) is 0 Å². The molecule has 0 aliphatic heterocycles. The summed E-state index contributed by atoms with van der Waals surface area (Å²) in [5.74, 6) is 1.01. The van der Waals surface area contributed by atoms with Crippen LogP contribution in [0.25, 0.3) is 0 Å². The van der Waals surface area contributed by atoms with E-state index in [9.17, 15) is 0 Å². The SMILES string of the molecule is CCCCOc1cc(C)c(COCCC)cc1C. The van der Waals surface area contributed by atoms with E-state index in [0.717, 1.165) is 31.8 Å². The van der Waals surface area contributed by atoms with E-state index in [4.69, 9.17) is 9.47 Å². The van der Waals surface area contributed by atoms with Gasteiger partial charge < -0.3 is 9.47 Å². The quantitative estimate of drug-likeness (QED) is 0.636. The van der Waals surface area contributed by atoms with Gasteiger partial charge in [0.05, 0.1) is 13.2 Å². The maximum absolute atomic E-state index is 5.80. The lowest BCUT2D eigenvalue weighted by molar-refractivity contribution is 0.121. The number of hydrogen-bond donors (Lipinski definition) is 0. The molecule has 0 saturated carbocycles. The van der Waals surface area contributed by atoms with E-state index in [-0.39, 0.29) is 0 Å². The molecule has 0 fully saturated rings. The normalized spacial score (nSPS) is 10.7. The summed E-state index contributed by atoms with van der Waals surface area (Å²) in [5.41, 5.74) is 3.72. The number of aryl methyl sites for hydroxylation is 2. The van der Waals surface area contributed by atoms with Gasteiger partial charge in [0.2, 0.25) is 0 Å². The molecule has 0 saturated heterocycles. The van der Waals surface area contributed by atoms with Crippen molar-refractivity contribution in [3.8, 4) is 5.75 Å². The zero-order chi connectivity index (χ0) is 13.4. The predicted molar refractivity (Wildman–Crippen MR) is 76.3 cm³/mol. The Morgan fingerprint density at radius 1 is 0.944 bits per heavy atom. The highest BCUT2D eigenvalue weighted by Gasteiger charge is 2.05. The third-order valence-electron chi connectivity index (χ3n) is 2.99. The standard InChI is InChI=1S/C16H26O2/c1-5-7-9-18-16-11-13(3)15(10-14(16)4)12-17-8-6-2/h10-11H,5-9,12H2,1-4H3. The van der Waals surface area contributed by atoms with Crippen molar-refractivity contribution in [1.82, 2.24) is 0 Å². The highest BCUT2D eigenvalue weighted by atomic mass is 16.5. The van der Waals surface area contributed by atoms with E-state index < -0.39 is 0 Å². The van der Waals surface area contributed by atoms with Crippen LogP contribution in [0.4, 0.5) is 0 Å². The van der Waals surface area contributed by atoms with Gasteiger partial charge in [-0.1, -0.05) is 20.3 Å². The largest absolute Gasteiger partial charge is 0.493 e. The molecule has 2 heteroatoms. The van der Waals surface area contributed by atoms with Gasteiger partial charge in [-0.15, -0.1) is 0 Å². The van der Waals surface area contributed by atoms with Crippen LogP contribution < -0.4 is 4.74 Å². The third-order valence-corrected chi connectivity index (χ3v) is 2.99. The van der Waals surface area contributed by atoms with Crippen molar-refractivity contribution in [3.05, 3.63) is 28.8 Å². The molecule has 0 spiro atoms. The van der Waals surface area contributed by atoms with Gasteiger partial charge in [-0.25, -0.2) is 0 Å². The van der Waals surface area contributed by atoms with E-state index in [1.807, 2.05) is 0 Å². The summed E-state index contributed by atoms with van der Waals surface area (Å²) in [6, 6.07) is 4.32. The summed E-state index contributed by atoms with van der Waals surface area (Å²) in [5, 5.41) is 0. The average molecular weight is 250 g/mol. The zero-order valence-electron chi connectivity index (χ0n) is 12.2. The maximum Gasteiger partial charge on any atom is 0.122 e. The third kappa shape index (κ3) is 4.69. The number of unbranched alkanes of at least 4 members (excludes halogenated alkanes) is 1. The number of rotatable bonds is 8. The molecular formula is C16H26O2. The van der Waals surface area contributed by atoms with Crippen molar-refractivity contribution < 1.29 is 9.47 Å². The lowest BCUT2D eigenvalue weighted by atomic mass is 10.1. The van der Waals surface area contributed by atoms with Crippen LogP contribution in [0, 0.1) is 13.8 Å². The molecule has 1 rings (SSSR count). The van der Waals surface area contributed by atoms with Crippen molar-refractivity contribution in [2.24, 2.45) is 0 Å².